The van der Waals surface area contributed by atoms with Gasteiger partial charge in [-0.1, -0.05) is 26.8 Å². The highest BCUT2D eigenvalue weighted by molar-refractivity contribution is 5.91. The van der Waals surface area contributed by atoms with Crippen LogP contribution in [0.25, 0.3) is 0 Å². The molecule has 1 N–H and O–H groups in total. The van der Waals surface area contributed by atoms with E-state index < -0.39 is 17.9 Å². The van der Waals surface area contributed by atoms with Crippen LogP contribution >= 0.6 is 0 Å². The number of aromatic hydroxyl groups is 1. The van der Waals surface area contributed by atoms with Gasteiger partial charge < -0.3 is 24.9 Å². The quantitative estimate of drug-likeness (QED) is 0.785. The van der Waals surface area contributed by atoms with E-state index >= 15 is 0 Å². The van der Waals surface area contributed by atoms with Crippen molar-refractivity contribution in [2.75, 3.05) is 0 Å². The van der Waals surface area contributed by atoms with Crippen LogP contribution in [0.2, 0.25) is 0 Å². The molecule has 1 aromatic carbocycles. The van der Waals surface area contributed by atoms with Crippen molar-refractivity contribution in [3.05, 3.63) is 28.3 Å². The Bertz CT molecular complexity index is 567. The zero-order valence-corrected chi connectivity index (χ0v) is 12.9. The van der Waals surface area contributed by atoms with Gasteiger partial charge >= 0.3 is 0 Å². The maximum absolute atomic E-state index is 10.9. The third kappa shape index (κ3) is 3.54. The SMILES string of the molecule is Cc1c(CC(C(=O)[O-])C(=O)[O-])cc(C(C)(C)C)c(O)c1C. The minimum atomic E-state index is -1.71. The van der Waals surface area contributed by atoms with Crippen LogP contribution in [-0.2, 0) is 21.4 Å². The van der Waals surface area contributed by atoms with Gasteiger partial charge in [0.1, 0.15) is 5.75 Å². The first kappa shape index (κ1) is 17.0. The number of rotatable bonds is 4. The summed E-state index contributed by atoms with van der Waals surface area (Å²) in [6, 6.07) is 1.66. The lowest BCUT2D eigenvalue weighted by Crippen LogP contribution is -2.44. The smallest absolute Gasteiger partial charge is 0.122 e. The van der Waals surface area contributed by atoms with Gasteiger partial charge in [-0.15, -0.1) is 0 Å². The molecule has 0 aliphatic heterocycles. The van der Waals surface area contributed by atoms with E-state index in [-0.39, 0.29) is 17.6 Å². The minimum absolute atomic E-state index is 0.155. The highest BCUT2D eigenvalue weighted by Crippen LogP contribution is 2.36. The van der Waals surface area contributed by atoms with Crippen molar-refractivity contribution in [2.24, 2.45) is 5.92 Å². The second-order valence-electron chi connectivity index (χ2n) is 6.33. The van der Waals surface area contributed by atoms with Crippen LogP contribution in [0.1, 0.15) is 43.0 Å². The molecule has 0 aliphatic rings. The Labute approximate surface area is 124 Å². The van der Waals surface area contributed by atoms with E-state index in [0.717, 1.165) is 0 Å². The largest absolute Gasteiger partial charge is 0.549 e. The molecule has 0 radical (unpaired) electrons. The molecule has 0 amide bonds. The van der Waals surface area contributed by atoms with Crippen molar-refractivity contribution >= 4 is 11.9 Å². The lowest BCUT2D eigenvalue weighted by molar-refractivity contribution is -0.331. The van der Waals surface area contributed by atoms with Gasteiger partial charge in [0.2, 0.25) is 0 Å². The Morgan fingerprint density at radius 3 is 2.00 bits per heavy atom. The summed E-state index contributed by atoms with van der Waals surface area (Å²) in [6.45, 7) is 9.18. The molecule has 0 saturated carbocycles. The average Bonchev–Trinajstić information content (AvgIpc) is 2.32. The number of benzene rings is 1. The second kappa shape index (κ2) is 5.76. The van der Waals surface area contributed by atoms with Gasteiger partial charge in [0.15, 0.2) is 0 Å². The molecular weight excluding hydrogens is 272 g/mol. The summed E-state index contributed by atoms with van der Waals surface area (Å²) in [4.78, 5) is 21.8. The summed E-state index contributed by atoms with van der Waals surface area (Å²) in [6.07, 6.45) is -0.222. The topological polar surface area (TPSA) is 100 Å². The van der Waals surface area contributed by atoms with E-state index in [1.807, 2.05) is 20.8 Å². The second-order valence-corrected chi connectivity index (χ2v) is 6.33. The Morgan fingerprint density at radius 2 is 1.62 bits per heavy atom. The molecule has 1 rings (SSSR count). The predicted molar refractivity (Wildman–Crippen MR) is 73.5 cm³/mol. The molecule has 0 bridgehead atoms. The lowest BCUT2D eigenvalue weighted by Gasteiger charge is -2.26. The summed E-state index contributed by atoms with van der Waals surface area (Å²) in [5.74, 6) is -4.89. The van der Waals surface area contributed by atoms with E-state index in [4.69, 9.17) is 0 Å². The van der Waals surface area contributed by atoms with E-state index in [1.165, 1.54) is 0 Å². The number of hydrogen-bond donors (Lipinski definition) is 1. The van der Waals surface area contributed by atoms with Crippen LogP contribution in [-0.4, -0.2) is 17.0 Å². The number of carboxylic acids is 2. The van der Waals surface area contributed by atoms with Gasteiger partial charge in [-0.05, 0) is 47.9 Å². The maximum Gasteiger partial charge on any atom is 0.122 e. The van der Waals surface area contributed by atoms with Crippen LogP contribution in [0.15, 0.2) is 6.07 Å². The standard InChI is InChI=1S/C16H22O5/c1-8-9(2)13(17)12(16(3,4)5)7-10(8)6-11(14(18)19)15(20)21/h7,11,17H,6H2,1-5H3,(H,18,19)(H,20,21)/p-2. The van der Waals surface area contributed by atoms with Crippen LogP contribution in [0.5, 0.6) is 5.75 Å². The molecule has 0 aliphatic carbocycles. The first-order valence-electron chi connectivity index (χ1n) is 6.71. The molecule has 0 spiro atoms. The molecule has 0 fully saturated rings. The van der Waals surface area contributed by atoms with Crippen molar-refractivity contribution in [1.29, 1.82) is 0 Å². The molecule has 0 aromatic heterocycles. The van der Waals surface area contributed by atoms with Gasteiger partial charge in [-0.3, -0.25) is 0 Å². The number of carbonyl (C=O) groups is 2. The highest BCUT2D eigenvalue weighted by atomic mass is 16.4. The van der Waals surface area contributed by atoms with Crippen LogP contribution < -0.4 is 10.2 Å². The van der Waals surface area contributed by atoms with Crippen molar-refractivity contribution in [2.45, 2.75) is 46.5 Å². The fraction of sp³-hybridized carbons (Fsp3) is 0.500. The summed E-state index contributed by atoms with van der Waals surface area (Å²) in [7, 11) is 0. The summed E-state index contributed by atoms with van der Waals surface area (Å²) in [5, 5.41) is 32.1. The summed E-state index contributed by atoms with van der Waals surface area (Å²) in [5.41, 5.74) is 2.15. The summed E-state index contributed by atoms with van der Waals surface area (Å²) >= 11 is 0. The van der Waals surface area contributed by atoms with Crippen molar-refractivity contribution < 1.29 is 24.9 Å². The van der Waals surface area contributed by atoms with Gasteiger partial charge in [-0.25, -0.2) is 0 Å². The molecule has 0 atom stereocenters. The predicted octanol–water partition coefficient (Wildman–Crippen LogP) is -0.0350. The normalized spacial score (nSPS) is 11.7. The molecule has 116 valence electrons. The highest BCUT2D eigenvalue weighted by Gasteiger charge is 2.23. The Kier molecular flexibility index (Phi) is 4.66. The monoisotopic (exact) mass is 292 g/mol. The first-order valence-corrected chi connectivity index (χ1v) is 6.71. The Balaban J connectivity index is 3.40. The summed E-state index contributed by atoms with van der Waals surface area (Å²) < 4.78 is 0. The van der Waals surface area contributed by atoms with E-state index in [2.05, 4.69) is 0 Å². The van der Waals surface area contributed by atoms with Gasteiger partial charge in [0.25, 0.3) is 0 Å². The van der Waals surface area contributed by atoms with Crippen LogP contribution in [0.3, 0.4) is 0 Å². The van der Waals surface area contributed by atoms with Crippen molar-refractivity contribution in [1.82, 2.24) is 0 Å². The molecular formula is C16H20O5-2. The molecule has 0 heterocycles. The Hall–Kier alpha value is -2.04. The van der Waals surface area contributed by atoms with Crippen LogP contribution in [0.4, 0.5) is 0 Å². The molecule has 1 aromatic rings. The van der Waals surface area contributed by atoms with E-state index in [1.54, 1.807) is 19.9 Å². The molecule has 5 nitrogen and oxygen atoms in total. The Morgan fingerprint density at radius 1 is 1.14 bits per heavy atom. The lowest BCUT2D eigenvalue weighted by atomic mass is 9.81. The maximum atomic E-state index is 10.9. The third-order valence-corrected chi connectivity index (χ3v) is 3.77. The minimum Gasteiger partial charge on any atom is -0.549 e. The molecule has 5 heteroatoms. The molecule has 0 unspecified atom stereocenters. The van der Waals surface area contributed by atoms with E-state index in [9.17, 15) is 24.9 Å². The van der Waals surface area contributed by atoms with E-state index in [0.29, 0.717) is 22.3 Å². The van der Waals surface area contributed by atoms with Gasteiger partial charge in [0.05, 0.1) is 11.9 Å². The fourth-order valence-corrected chi connectivity index (χ4v) is 2.24. The van der Waals surface area contributed by atoms with Crippen LogP contribution in [0, 0.1) is 19.8 Å². The number of phenolic OH excluding ortho intramolecular Hbond substituents is 1. The number of aliphatic carboxylic acids is 2. The number of carbonyl (C=O) groups excluding carboxylic acids is 2. The fourth-order valence-electron chi connectivity index (χ4n) is 2.24. The number of carboxylic acid groups (broad SMARTS) is 2. The number of phenols is 1. The zero-order valence-electron chi connectivity index (χ0n) is 12.9. The van der Waals surface area contributed by atoms with Crippen molar-refractivity contribution in [3.63, 3.8) is 0 Å². The van der Waals surface area contributed by atoms with Gasteiger partial charge in [-0.2, -0.15) is 0 Å². The number of hydrogen-bond acceptors (Lipinski definition) is 5. The molecule has 21 heavy (non-hydrogen) atoms. The average molecular weight is 292 g/mol. The van der Waals surface area contributed by atoms with Crippen molar-refractivity contribution in [3.8, 4) is 5.75 Å². The molecule has 0 saturated heterocycles. The first-order chi connectivity index (χ1) is 9.46. The van der Waals surface area contributed by atoms with Gasteiger partial charge in [0, 0.05) is 5.92 Å². The third-order valence-electron chi connectivity index (χ3n) is 3.77. The zero-order chi connectivity index (χ0) is 16.5.